The van der Waals surface area contributed by atoms with Gasteiger partial charge in [0.1, 0.15) is 11.6 Å². The smallest absolute Gasteiger partial charge is 0.329 e. The summed E-state index contributed by atoms with van der Waals surface area (Å²) in [6.07, 6.45) is 3.22. The largest absolute Gasteiger partial charge is 0.458 e. The molecule has 3 rings (SSSR count). The molecule has 0 saturated carbocycles. The van der Waals surface area contributed by atoms with Crippen LogP contribution in [0.5, 0.6) is 0 Å². The predicted octanol–water partition coefficient (Wildman–Crippen LogP) is 4.74. The van der Waals surface area contributed by atoms with Crippen LogP contribution in [0.2, 0.25) is 0 Å². The molecular formula is C31H40N2O5. The van der Waals surface area contributed by atoms with Crippen molar-refractivity contribution in [3.8, 4) is 0 Å². The molecule has 2 aromatic rings. The zero-order valence-electron chi connectivity index (χ0n) is 22.9. The van der Waals surface area contributed by atoms with Gasteiger partial charge in [0.15, 0.2) is 5.78 Å². The number of ether oxygens (including phenoxy) is 1. The molecule has 2 aromatic carbocycles. The van der Waals surface area contributed by atoms with Gasteiger partial charge in [0, 0.05) is 24.4 Å². The third-order valence-electron chi connectivity index (χ3n) is 6.67. The summed E-state index contributed by atoms with van der Waals surface area (Å²) in [7, 11) is 0. The number of carbonyl (C=O) groups excluding carboxylic acids is 4. The summed E-state index contributed by atoms with van der Waals surface area (Å²) in [5, 5.41) is 2.90. The van der Waals surface area contributed by atoms with Crippen LogP contribution in [-0.2, 0) is 25.5 Å². The molecule has 3 atom stereocenters. The van der Waals surface area contributed by atoms with E-state index >= 15 is 0 Å². The Labute approximate surface area is 225 Å². The highest BCUT2D eigenvalue weighted by molar-refractivity contribution is 5.98. The fraction of sp³-hybridized carbons (Fsp3) is 0.484. The van der Waals surface area contributed by atoms with Gasteiger partial charge in [-0.15, -0.1) is 0 Å². The Bertz CT molecular complexity index is 1090. The number of nitrogens with zero attached hydrogens (tertiary/aromatic N) is 1. The first-order chi connectivity index (χ1) is 18.0. The van der Waals surface area contributed by atoms with E-state index in [2.05, 4.69) is 5.32 Å². The number of Topliss-reactive ketones (excluding diaryl/α,β-unsaturated/α-hetero) is 1. The Kier molecular flexibility index (Phi) is 10.2. The maximum atomic E-state index is 13.4. The average Bonchev–Trinajstić information content (AvgIpc) is 3.38. The number of hydrogen-bond donors (Lipinski definition) is 1. The van der Waals surface area contributed by atoms with E-state index in [0.29, 0.717) is 37.8 Å². The summed E-state index contributed by atoms with van der Waals surface area (Å²) in [4.78, 5) is 53.8. The molecule has 0 radical (unpaired) electrons. The van der Waals surface area contributed by atoms with Crippen LogP contribution in [-0.4, -0.2) is 52.7 Å². The van der Waals surface area contributed by atoms with Gasteiger partial charge in [0.2, 0.25) is 5.91 Å². The van der Waals surface area contributed by atoms with Crippen LogP contribution in [0.4, 0.5) is 0 Å². The van der Waals surface area contributed by atoms with Crippen LogP contribution in [0.25, 0.3) is 0 Å². The molecule has 204 valence electrons. The van der Waals surface area contributed by atoms with Crippen LogP contribution in [0.3, 0.4) is 0 Å². The highest BCUT2D eigenvalue weighted by Gasteiger charge is 2.39. The molecule has 0 bridgehead atoms. The number of likely N-dealkylation sites (tertiary alicyclic amines) is 1. The fourth-order valence-electron chi connectivity index (χ4n) is 4.76. The lowest BCUT2D eigenvalue weighted by Gasteiger charge is -2.29. The van der Waals surface area contributed by atoms with E-state index in [1.54, 1.807) is 56.9 Å². The van der Waals surface area contributed by atoms with E-state index in [9.17, 15) is 19.2 Å². The van der Waals surface area contributed by atoms with E-state index in [4.69, 9.17) is 4.74 Å². The average molecular weight is 521 g/mol. The van der Waals surface area contributed by atoms with Crippen molar-refractivity contribution >= 4 is 23.6 Å². The third kappa shape index (κ3) is 8.54. The normalized spacial score (nSPS) is 16.9. The second-order valence-corrected chi connectivity index (χ2v) is 11.1. The van der Waals surface area contributed by atoms with E-state index in [0.717, 1.165) is 6.42 Å². The van der Waals surface area contributed by atoms with Crippen molar-refractivity contribution < 1.29 is 23.9 Å². The Hall–Kier alpha value is -3.48. The second kappa shape index (κ2) is 13.4. The topological polar surface area (TPSA) is 92.8 Å². The number of ketones is 1. The molecule has 1 fully saturated rings. The van der Waals surface area contributed by atoms with Gasteiger partial charge in [-0.05, 0) is 70.6 Å². The van der Waals surface area contributed by atoms with Crippen molar-refractivity contribution in [3.05, 3.63) is 71.8 Å². The standard InChI is InChI=1S/C31H40N2O5/c1-22(29(36)33-20-12-19-26(33)30(37)38-31(2,3)4)21-27(34)25(18-11-15-23-13-7-5-8-14-23)32-28(35)24-16-9-6-10-17-24/h5-10,13-14,16-17,22,25-26H,11-12,15,18-21H2,1-4H3,(H,32,35)/t22?,25?,26-/m0/s1. The van der Waals surface area contributed by atoms with Crippen molar-refractivity contribution in [3.63, 3.8) is 0 Å². The summed E-state index contributed by atoms with van der Waals surface area (Å²) in [6, 6.07) is 17.5. The molecule has 7 heteroatoms. The number of benzene rings is 2. The van der Waals surface area contributed by atoms with Crippen molar-refractivity contribution in [1.29, 1.82) is 0 Å². The van der Waals surface area contributed by atoms with Crippen LogP contribution in [0, 0.1) is 5.92 Å². The van der Waals surface area contributed by atoms with Crippen molar-refractivity contribution in [2.24, 2.45) is 5.92 Å². The second-order valence-electron chi connectivity index (χ2n) is 11.1. The van der Waals surface area contributed by atoms with Crippen molar-refractivity contribution in [2.45, 2.75) is 83.9 Å². The molecule has 2 amide bonds. The maximum absolute atomic E-state index is 13.4. The Morgan fingerprint density at radius 3 is 2.26 bits per heavy atom. The molecule has 0 aromatic heterocycles. The van der Waals surface area contributed by atoms with Gasteiger partial charge in [-0.1, -0.05) is 55.5 Å². The highest BCUT2D eigenvalue weighted by atomic mass is 16.6. The van der Waals surface area contributed by atoms with Crippen LogP contribution in [0.15, 0.2) is 60.7 Å². The minimum absolute atomic E-state index is 0.0125. The van der Waals surface area contributed by atoms with Crippen LogP contribution >= 0.6 is 0 Å². The quantitative estimate of drug-likeness (QED) is 0.432. The van der Waals surface area contributed by atoms with Crippen molar-refractivity contribution in [1.82, 2.24) is 10.2 Å². The SMILES string of the molecule is CC(CC(=O)C(CCCc1ccccc1)NC(=O)c1ccccc1)C(=O)N1CCC[C@H]1C(=O)OC(C)(C)C. The molecule has 7 nitrogen and oxygen atoms in total. The molecule has 1 saturated heterocycles. The number of hydrogen-bond acceptors (Lipinski definition) is 5. The first-order valence-corrected chi connectivity index (χ1v) is 13.5. The molecule has 38 heavy (non-hydrogen) atoms. The summed E-state index contributed by atoms with van der Waals surface area (Å²) in [6.45, 7) is 7.58. The molecule has 1 heterocycles. The summed E-state index contributed by atoms with van der Waals surface area (Å²) in [5.74, 6) is -1.75. The van der Waals surface area contributed by atoms with E-state index in [-0.39, 0.29) is 24.0 Å². The predicted molar refractivity (Wildman–Crippen MR) is 146 cm³/mol. The minimum Gasteiger partial charge on any atom is -0.458 e. The van der Waals surface area contributed by atoms with Gasteiger partial charge in [-0.25, -0.2) is 4.79 Å². The van der Waals surface area contributed by atoms with E-state index < -0.39 is 29.6 Å². The third-order valence-corrected chi connectivity index (χ3v) is 6.67. The minimum atomic E-state index is -0.707. The fourth-order valence-corrected chi connectivity index (χ4v) is 4.76. The Morgan fingerprint density at radius 2 is 1.63 bits per heavy atom. The van der Waals surface area contributed by atoms with Gasteiger partial charge in [-0.2, -0.15) is 0 Å². The lowest BCUT2D eigenvalue weighted by atomic mass is 9.94. The molecule has 1 N–H and O–H groups in total. The molecule has 0 aliphatic carbocycles. The maximum Gasteiger partial charge on any atom is 0.329 e. The number of aryl methyl sites for hydroxylation is 1. The summed E-state index contributed by atoms with van der Waals surface area (Å²) < 4.78 is 5.52. The lowest BCUT2D eigenvalue weighted by Crippen LogP contribution is -2.47. The Morgan fingerprint density at radius 1 is 1.00 bits per heavy atom. The lowest BCUT2D eigenvalue weighted by molar-refractivity contribution is -0.163. The van der Waals surface area contributed by atoms with Gasteiger partial charge >= 0.3 is 5.97 Å². The number of amides is 2. The zero-order chi connectivity index (χ0) is 27.7. The molecule has 0 spiro atoms. The van der Waals surface area contributed by atoms with Crippen LogP contribution < -0.4 is 5.32 Å². The van der Waals surface area contributed by atoms with Crippen molar-refractivity contribution in [2.75, 3.05) is 6.54 Å². The summed E-state index contributed by atoms with van der Waals surface area (Å²) in [5.41, 5.74) is 1.01. The molecule has 2 unspecified atom stereocenters. The van der Waals surface area contributed by atoms with Crippen LogP contribution in [0.1, 0.15) is 75.7 Å². The molecular weight excluding hydrogens is 480 g/mol. The number of rotatable bonds is 11. The molecule has 1 aliphatic rings. The van der Waals surface area contributed by atoms with Gasteiger partial charge in [0.05, 0.1) is 6.04 Å². The van der Waals surface area contributed by atoms with Gasteiger partial charge in [0.25, 0.3) is 5.91 Å². The van der Waals surface area contributed by atoms with E-state index in [1.165, 1.54) is 5.56 Å². The first kappa shape index (κ1) is 29.1. The molecule has 1 aliphatic heterocycles. The monoisotopic (exact) mass is 520 g/mol. The number of carbonyl (C=O) groups is 4. The zero-order valence-corrected chi connectivity index (χ0v) is 22.9. The number of esters is 1. The number of nitrogens with one attached hydrogen (secondary N) is 1. The van der Waals surface area contributed by atoms with Gasteiger partial charge in [-0.3, -0.25) is 14.4 Å². The Balaban J connectivity index is 1.65. The summed E-state index contributed by atoms with van der Waals surface area (Å²) >= 11 is 0. The van der Waals surface area contributed by atoms with Gasteiger partial charge < -0.3 is 15.0 Å². The first-order valence-electron chi connectivity index (χ1n) is 13.5. The highest BCUT2D eigenvalue weighted by Crippen LogP contribution is 2.24. The van der Waals surface area contributed by atoms with E-state index in [1.807, 2.05) is 36.4 Å².